The van der Waals surface area contributed by atoms with Crippen molar-refractivity contribution in [3.05, 3.63) is 0 Å². The van der Waals surface area contributed by atoms with E-state index < -0.39 is 67.7 Å². The summed E-state index contributed by atoms with van der Waals surface area (Å²) >= 11 is 0. The van der Waals surface area contributed by atoms with E-state index in [4.69, 9.17) is 5.11 Å². The Morgan fingerprint density at radius 1 is 0.600 bits per heavy atom. The van der Waals surface area contributed by atoms with E-state index in [0.29, 0.717) is 0 Å². The van der Waals surface area contributed by atoms with Gasteiger partial charge in [0.25, 0.3) is 0 Å². The van der Waals surface area contributed by atoms with Crippen molar-refractivity contribution in [2.45, 2.75) is 61.7 Å². The van der Waals surface area contributed by atoms with Gasteiger partial charge in [0.2, 0.25) is 12.3 Å². The van der Waals surface area contributed by atoms with Gasteiger partial charge in [0.1, 0.15) is 0 Å². The summed E-state index contributed by atoms with van der Waals surface area (Å²) in [5.74, 6) is -2.65. The SMILES string of the molecule is O=C(O)C(F)C(F)C(F)C(F)C(F)C(F)C(F)C(F)C(F)C(F)(F)F. The molecular weight excluding hydrogens is 392 g/mol. The second kappa shape index (κ2) is 8.83. The molecule has 0 aliphatic heterocycles. The lowest BCUT2D eigenvalue weighted by Crippen LogP contribution is -2.50. The summed E-state index contributed by atoms with van der Waals surface area (Å²) < 4.78 is 152. The molecule has 0 amide bonds. The van der Waals surface area contributed by atoms with E-state index in [1.165, 1.54) is 0 Å². The molecule has 0 aliphatic rings. The van der Waals surface area contributed by atoms with E-state index >= 15 is 0 Å². The maximum atomic E-state index is 13.2. The molecule has 0 rings (SSSR count). The maximum Gasteiger partial charge on any atom is 0.422 e. The molecule has 0 spiro atoms. The molecule has 0 saturated carbocycles. The standard InChI is InChI=1S/C11H10F12O2/c12-1(2(13)4(15)6(17)8(19)10(24)25)3(14)5(16)7(18)9(20)11(21,22)23/h1-9H,(H,24,25). The lowest BCUT2D eigenvalue weighted by atomic mass is 9.96. The highest BCUT2D eigenvalue weighted by Gasteiger charge is 2.54. The fourth-order valence-corrected chi connectivity index (χ4v) is 1.52. The fourth-order valence-electron chi connectivity index (χ4n) is 1.52. The molecule has 0 aliphatic carbocycles. The first-order chi connectivity index (χ1) is 11.1. The molecule has 0 fully saturated rings. The molecule has 9 atom stereocenters. The van der Waals surface area contributed by atoms with Crippen LogP contribution in [0.5, 0.6) is 0 Å². The van der Waals surface area contributed by atoms with Gasteiger partial charge >= 0.3 is 12.1 Å². The number of rotatable bonds is 9. The number of halogens is 12. The highest BCUT2D eigenvalue weighted by Crippen LogP contribution is 2.33. The Balaban J connectivity index is 5.07. The minimum Gasteiger partial charge on any atom is -0.479 e. The van der Waals surface area contributed by atoms with Crippen molar-refractivity contribution in [2.24, 2.45) is 0 Å². The zero-order chi connectivity index (χ0) is 20.3. The average molecular weight is 402 g/mol. The lowest BCUT2D eigenvalue weighted by Gasteiger charge is -2.27. The van der Waals surface area contributed by atoms with Crippen LogP contribution in [0.15, 0.2) is 0 Å². The summed E-state index contributed by atoms with van der Waals surface area (Å²) in [6, 6.07) is 0. The third-order valence-electron chi connectivity index (χ3n) is 2.93. The topological polar surface area (TPSA) is 37.3 Å². The molecule has 0 radical (unpaired) electrons. The molecular formula is C11H10F12O2. The molecule has 0 aromatic carbocycles. The maximum absolute atomic E-state index is 13.2. The van der Waals surface area contributed by atoms with Crippen molar-refractivity contribution in [1.82, 2.24) is 0 Å². The van der Waals surface area contributed by atoms with Crippen LogP contribution in [0.25, 0.3) is 0 Å². The van der Waals surface area contributed by atoms with Gasteiger partial charge < -0.3 is 5.11 Å². The molecule has 14 heteroatoms. The van der Waals surface area contributed by atoms with Crippen LogP contribution >= 0.6 is 0 Å². The van der Waals surface area contributed by atoms with Gasteiger partial charge in [-0.05, 0) is 0 Å². The van der Waals surface area contributed by atoms with Crippen molar-refractivity contribution in [1.29, 1.82) is 0 Å². The monoisotopic (exact) mass is 402 g/mol. The summed E-state index contributed by atoms with van der Waals surface area (Å²) in [4.78, 5) is 10.0. The Kier molecular flexibility index (Phi) is 8.34. The first-order valence-electron chi connectivity index (χ1n) is 6.20. The van der Waals surface area contributed by atoms with Crippen LogP contribution < -0.4 is 0 Å². The third kappa shape index (κ3) is 5.83. The largest absolute Gasteiger partial charge is 0.479 e. The van der Waals surface area contributed by atoms with E-state index in [-0.39, 0.29) is 0 Å². The number of hydrogen-bond acceptors (Lipinski definition) is 1. The predicted octanol–water partition coefficient (Wildman–Crippen LogP) is 3.68. The predicted molar refractivity (Wildman–Crippen MR) is 57.8 cm³/mol. The summed E-state index contributed by atoms with van der Waals surface area (Å²) in [6.07, 6.45) is -43.4. The quantitative estimate of drug-likeness (QED) is 0.598. The van der Waals surface area contributed by atoms with Gasteiger partial charge in [-0.15, -0.1) is 0 Å². The number of carboxylic acids is 1. The molecule has 0 heterocycles. The normalized spacial score (nSPS) is 23.7. The van der Waals surface area contributed by atoms with Crippen LogP contribution in [0.3, 0.4) is 0 Å². The lowest BCUT2D eigenvalue weighted by molar-refractivity contribution is -0.206. The number of alkyl halides is 12. The van der Waals surface area contributed by atoms with Crippen molar-refractivity contribution in [2.75, 3.05) is 0 Å². The van der Waals surface area contributed by atoms with Gasteiger partial charge in [-0.1, -0.05) is 0 Å². The smallest absolute Gasteiger partial charge is 0.422 e. The van der Waals surface area contributed by atoms with Crippen LogP contribution in [0.1, 0.15) is 0 Å². The third-order valence-corrected chi connectivity index (χ3v) is 2.93. The van der Waals surface area contributed by atoms with E-state index in [0.717, 1.165) is 0 Å². The van der Waals surface area contributed by atoms with Gasteiger partial charge in [-0.25, -0.2) is 44.3 Å². The average Bonchev–Trinajstić information content (AvgIpc) is 2.54. The van der Waals surface area contributed by atoms with Crippen molar-refractivity contribution in [3.8, 4) is 0 Å². The van der Waals surface area contributed by atoms with E-state index in [2.05, 4.69) is 0 Å². The second-order valence-corrected chi connectivity index (χ2v) is 4.79. The number of aliphatic carboxylic acids is 1. The zero-order valence-corrected chi connectivity index (χ0v) is 11.6. The van der Waals surface area contributed by atoms with Crippen LogP contribution in [0.4, 0.5) is 52.7 Å². The molecule has 2 nitrogen and oxygen atoms in total. The van der Waals surface area contributed by atoms with E-state index in [1.54, 1.807) is 0 Å². The summed E-state index contributed by atoms with van der Waals surface area (Å²) in [5.41, 5.74) is 0. The molecule has 0 saturated heterocycles. The second-order valence-electron chi connectivity index (χ2n) is 4.79. The summed E-state index contributed by atoms with van der Waals surface area (Å²) in [5, 5.41) is 8.00. The Morgan fingerprint density at radius 3 is 1.16 bits per heavy atom. The summed E-state index contributed by atoms with van der Waals surface area (Å²) in [7, 11) is 0. The minimum atomic E-state index is -6.01. The van der Waals surface area contributed by atoms with Crippen LogP contribution in [-0.2, 0) is 4.79 Å². The van der Waals surface area contributed by atoms with Gasteiger partial charge in [0, 0.05) is 0 Å². The summed E-state index contributed by atoms with van der Waals surface area (Å²) in [6.45, 7) is 0. The molecule has 0 aromatic heterocycles. The highest BCUT2D eigenvalue weighted by atomic mass is 19.4. The molecule has 1 N–H and O–H groups in total. The van der Waals surface area contributed by atoms with E-state index in [9.17, 15) is 57.5 Å². The molecule has 9 unspecified atom stereocenters. The Labute approximate surface area is 131 Å². The van der Waals surface area contributed by atoms with Gasteiger partial charge in [-0.2, -0.15) is 13.2 Å². The number of hydrogen-bond donors (Lipinski definition) is 1. The highest BCUT2D eigenvalue weighted by molar-refractivity contribution is 5.73. The number of carbonyl (C=O) groups is 1. The Bertz CT molecular complexity index is 432. The van der Waals surface area contributed by atoms with Gasteiger partial charge in [0.05, 0.1) is 0 Å². The fraction of sp³-hybridized carbons (Fsp3) is 0.909. The van der Waals surface area contributed by atoms with Crippen molar-refractivity contribution in [3.63, 3.8) is 0 Å². The zero-order valence-electron chi connectivity index (χ0n) is 11.6. The van der Waals surface area contributed by atoms with Crippen LogP contribution in [0, 0.1) is 0 Å². The Hall–Kier alpha value is -1.37. The number of carboxylic acid groups (broad SMARTS) is 1. The van der Waals surface area contributed by atoms with E-state index in [1.807, 2.05) is 0 Å². The van der Waals surface area contributed by atoms with Crippen LogP contribution in [-0.4, -0.2) is 72.8 Å². The molecule has 0 aromatic rings. The first kappa shape index (κ1) is 23.6. The molecule has 25 heavy (non-hydrogen) atoms. The molecule has 0 bridgehead atoms. The molecule has 150 valence electrons. The van der Waals surface area contributed by atoms with Gasteiger partial charge in [0.15, 0.2) is 43.2 Å². The van der Waals surface area contributed by atoms with Crippen LogP contribution in [0.2, 0.25) is 0 Å². The van der Waals surface area contributed by atoms with Gasteiger partial charge in [-0.3, -0.25) is 0 Å². The van der Waals surface area contributed by atoms with Crippen molar-refractivity contribution >= 4 is 5.97 Å². The Morgan fingerprint density at radius 2 is 0.880 bits per heavy atom. The first-order valence-corrected chi connectivity index (χ1v) is 6.20. The minimum absolute atomic E-state index is 2.65. The van der Waals surface area contributed by atoms with Crippen molar-refractivity contribution < 1.29 is 62.6 Å².